The smallest absolute Gasteiger partial charge is 0.191 e. The van der Waals surface area contributed by atoms with Crippen LogP contribution in [0, 0.1) is 0 Å². The van der Waals surface area contributed by atoms with Gasteiger partial charge in [0.2, 0.25) is 0 Å². The van der Waals surface area contributed by atoms with Crippen LogP contribution in [-0.2, 0) is 10.8 Å². The van der Waals surface area contributed by atoms with Crippen molar-refractivity contribution >= 4 is 40.7 Å². The van der Waals surface area contributed by atoms with Gasteiger partial charge in [-0.25, -0.2) is 0 Å². The molecule has 2 N–H and O–H groups in total. The van der Waals surface area contributed by atoms with Crippen molar-refractivity contribution in [3.63, 3.8) is 0 Å². The van der Waals surface area contributed by atoms with E-state index < -0.39 is 10.8 Å². The summed E-state index contributed by atoms with van der Waals surface area (Å²) in [5, 5.41) is 7.26. The Morgan fingerprint density at radius 3 is 2.50 bits per heavy atom. The first-order valence-electron chi connectivity index (χ1n) is 9.28. The van der Waals surface area contributed by atoms with Crippen LogP contribution in [0.2, 0.25) is 0 Å². The summed E-state index contributed by atoms with van der Waals surface area (Å²) in [5.74, 6) is 1.68. The molecule has 0 radical (unpaired) electrons. The maximum absolute atomic E-state index is 12.1. The second-order valence-corrected chi connectivity index (χ2v) is 8.09. The van der Waals surface area contributed by atoms with E-state index >= 15 is 0 Å². The summed E-state index contributed by atoms with van der Waals surface area (Å²) < 4.78 is 12.1. The number of likely N-dealkylation sites (N-methyl/N-ethyl adjacent to an activating group) is 1. The zero-order valence-electron chi connectivity index (χ0n) is 15.8. The van der Waals surface area contributed by atoms with Gasteiger partial charge in [-0.2, -0.15) is 0 Å². The molecule has 1 aliphatic rings. The number of nitrogens with zero attached hydrogens (tertiary/aromatic N) is 2. The van der Waals surface area contributed by atoms with Crippen molar-refractivity contribution in [2.24, 2.45) is 4.99 Å². The first-order chi connectivity index (χ1) is 11.1. The van der Waals surface area contributed by atoms with Gasteiger partial charge in [0.15, 0.2) is 5.96 Å². The largest absolute Gasteiger partial charge is 0.357 e. The predicted octanol–water partition coefficient (Wildman–Crippen LogP) is 2.58. The minimum atomic E-state index is -0.674. The average Bonchev–Trinajstić information content (AvgIpc) is 2.58. The van der Waals surface area contributed by atoms with Crippen molar-refractivity contribution in [3.05, 3.63) is 0 Å². The first kappa shape index (κ1) is 24.1. The minimum Gasteiger partial charge on any atom is -0.357 e. The van der Waals surface area contributed by atoms with Crippen LogP contribution in [0.15, 0.2) is 4.99 Å². The Labute approximate surface area is 168 Å². The molecule has 144 valence electrons. The highest BCUT2D eigenvalue weighted by molar-refractivity contribution is 14.0. The maximum Gasteiger partial charge on any atom is 0.191 e. The van der Waals surface area contributed by atoms with Crippen molar-refractivity contribution in [1.29, 1.82) is 0 Å². The molecule has 5 nitrogen and oxygen atoms in total. The molecule has 0 bridgehead atoms. The number of rotatable bonds is 9. The van der Waals surface area contributed by atoms with Gasteiger partial charge in [-0.1, -0.05) is 27.2 Å². The Morgan fingerprint density at radius 1 is 1.21 bits per heavy atom. The number of guanidine groups is 1. The predicted molar refractivity (Wildman–Crippen MR) is 117 cm³/mol. The van der Waals surface area contributed by atoms with E-state index in [4.69, 9.17) is 4.99 Å². The molecule has 1 aliphatic carbocycles. The maximum atomic E-state index is 12.1. The van der Waals surface area contributed by atoms with E-state index in [-0.39, 0.29) is 24.0 Å². The van der Waals surface area contributed by atoms with Crippen molar-refractivity contribution in [3.8, 4) is 0 Å². The Bertz CT molecular complexity index is 378. The molecule has 0 amide bonds. The van der Waals surface area contributed by atoms with Crippen LogP contribution < -0.4 is 10.6 Å². The Kier molecular flexibility index (Phi) is 14.4. The molecule has 0 aromatic rings. The lowest BCUT2D eigenvalue weighted by Gasteiger charge is -2.30. The summed E-state index contributed by atoms with van der Waals surface area (Å²) in [6.45, 7) is 13.3. The SMILES string of the molecule is CCNC(=NCCN(CC)CC)NC1CCCC(S(=O)CC)C1.I. The van der Waals surface area contributed by atoms with Crippen LogP contribution in [-0.4, -0.2) is 64.8 Å². The summed E-state index contributed by atoms with van der Waals surface area (Å²) in [6.07, 6.45) is 4.42. The van der Waals surface area contributed by atoms with Crippen LogP contribution in [0.5, 0.6) is 0 Å². The fourth-order valence-corrected chi connectivity index (χ4v) is 4.45. The molecule has 0 aliphatic heterocycles. The second kappa shape index (κ2) is 14.3. The molecule has 0 heterocycles. The van der Waals surface area contributed by atoms with Gasteiger partial charge in [0, 0.05) is 40.9 Å². The average molecular weight is 472 g/mol. The molecule has 0 aromatic heterocycles. The number of aliphatic imine (C=N–C) groups is 1. The van der Waals surface area contributed by atoms with E-state index in [2.05, 4.69) is 36.3 Å². The lowest BCUT2D eigenvalue weighted by atomic mass is 9.95. The lowest BCUT2D eigenvalue weighted by Crippen LogP contribution is -2.47. The third-order valence-electron chi connectivity index (χ3n) is 4.55. The van der Waals surface area contributed by atoms with Crippen LogP contribution in [0.3, 0.4) is 0 Å². The fraction of sp³-hybridized carbons (Fsp3) is 0.941. The number of halogens is 1. The van der Waals surface area contributed by atoms with Gasteiger partial charge in [0.05, 0.1) is 6.54 Å². The monoisotopic (exact) mass is 472 g/mol. The Hall–Kier alpha value is 0.110. The Balaban J connectivity index is 0.00000529. The molecule has 7 heteroatoms. The molecule has 3 atom stereocenters. The van der Waals surface area contributed by atoms with Crippen LogP contribution in [0.1, 0.15) is 53.4 Å². The molecule has 3 unspecified atom stereocenters. The van der Waals surface area contributed by atoms with Gasteiger partial charge < -0.3 is 15.5 Å². The molecule has 1 fully saturated rings. The second-order valence-electron chi connectivity index (χ2n) is 6.09. The standard InChI is InChI=1S/C17H36N4OS.HI/c1-5-18-17(19-12-13-21(6-2)7-3)20-15-10-9-11-16(14-15)23(22)8-4;/h15-16H,5-14H2,1-4H3,(H2,18,19,20);1H. The lowest BCUT2D eigenvalue weighted by molar-refractivity contribution is 0.312. The number of hydrogen-bond acceptors (Lipinski definition) is 3. The van der Waals surface area contributed by atoms with E-state index in [9.17, 15) is 4.21 Å². The van der Waals surface area contributed by atoms with Gasteiger partial charge >= 0.3 is 0 Å². The number of nitrogens with one attached hydrogen (secondary N) is 2. The van der Waals surface area contributed by atoms with Crippen LogP contribution in [0.4, 0.5) is 0 Å². The van der Waals surface area contributed by atoms with Gasteiger partial charge in [-0.3, -0.25) is 9.20 Å². The molecule has 0 spiro atoms. The zero-order chi connectivity index (χ0) is 17.1. The molecule has 24 heavy (non-hydrogen) atoms. The minimum absolute atomic E-state index is 0. The highest BCUT2D eigenvalue weighted by Gasteiger charge is 2.25. The summed E-state index contributed by atoms with van der Waals surface area (Å²) in [5.41, 5.74) is 0. The summed E-state index contributed by atoms with van der Waals surface area (Å²) in [7, 11) is -0.674. The number of hydrogen-bond donors (Lipinski definition) is 2. The highest BCUT2D eigenvalue weighted by atomic mass is 127. The highest BCUT2D eigenvalue weighted by Crippen LogP contribution is 2.22. The van der Waals surface area contributed by atoms with Crippen molar-refractivity contribution < 1.29 is 4.21 Å². The zero-order valence-corrected chi connectivity index (χ0v) is 19.0. The summed E-state index contributed by atoms with van der Waals surface area (Å²) in [4.78, 5) is 7.09. The third-order valence-corrected chi connectivity index (χ3v) is 6.29. The van der Waals surface area contributed by atoms with Crippen molar-refractivity contribution in [1.82, 2.24) is 15.5 Å². The fourth-order valence-electron chi connectivity index (χ4n) is 3.11. The Morgan fingerprint density at radius 2 is 1.92 bits per heavy atom. The van der Waals surface area contributed by atoms with E-state index in [0.29, 0.717) is 11.3 Å². The molecular weight excluding hydrogens is 435 g/mol. The van der Waals surface area contributed by atoms with Crippen LogP contribution >= 0.6 is 24.0 Å². The van der Waals surface area contributed by atoms with Gasteiger partial charge in [-0.15, -0.1) is 24.0 Å². The van der Waals surface area contributed by atoms with E-state index in [0.717, 1.165) is 70.1 Å². The van der Waals surface area contributed by atoms with Crippen molar-refractivity contribution in [2.75, 3.05) is 38.5 Å². The van der Waals surface area contributed by atoms with E-state index in [1.54, 1.807) is 0 Å². The molecule has 0 saturated heterocycles. The molecule has 0 aromatic carbocycles. The first-order valence-corrected chi connectivity index (χ1v) is 10.7. The van der Waals surface area contributed by atoms with Crippen LogP contribution in [0.25, 0.3) is 0 Å². The van der Waals surface area contributed by atoms with Gasteiger partial charge in [-0.05, 0) is 39.3 Å². The summed E-state index contributed by atoms with van der Waals surface area (Å²) in [6, 6.07) is 0.399. The third kappa shape index (κ3) is 8.99. The molecule has 1 rings (SSSR count). The van der Waals surface area contributed by atoms with Gasteiger partial charge in [0.1, 0.15) is 0 Å². The van der Waals surface area contributed by atoms with E-state index in [1.807, 2.05) is 6.92 Å². The topological polar surface area (TPSA) is 56.7 Å². The molecular formula is C17H37IN4OS. The quantitative estimate of drug-likeness (QED) is 0.308. The van der Waals surface area contributed by atoms with Gasteiger partial charge in [0.25, 0.3) is 0 Å². The summed E-state index contributed by atoms with van der Waals surface area (Å²) >= 11 is 0. The van der Waals surface area contributed by atoms with E-state index in [1.165, 1.54) is 0 Å². The normalized spacial score (nSPS) is 22.8. The molecule has 1 saturated carbocycles. The van der Waals surface area contributed by atoms with Crippen molar-refractivity contribution in [2.45, 2.75) is 64.7 Å².